The summed E-state index contributed by atoms with van der Waals surface area (Å²) in [5.41, 5.74) is 0.907. The third kappa shape index (κ3) is 3.22. The maximum atomic E-state index is 12.0. The maximum Gasteiger partial charge on any atom is 0.244 e. The molecule has 4 N–H and O–H groups in total. The number of hydrogen-bond donors (Lipinski definition) is 4. The van der Waals surface area contributed by atoms with E-state index in [2.05, 4.69) is 30.7 Å². The number of rotatable bonds is 6. The molecule has 0 aliphatic carbocycles. The number of nitrogens with zero attached hydrogens (tertiary/aromatic N) is 3. The van der Waals surface area contributed by atoms with Crippen molar-refractivity contribution in [2.45, 2.75) is 11.4 Å². The van der Waals surface area contributed by atoms with Gasteiger partial charge in [0.2, 0.25) is 15.8 Å². The summed E-state index contributed by atoms with van der Waals surface area (Å²) in [6.07, 6.45) is 0. The Hall–Kier alpha value is -2.50. The summed E-state index contributed by atoms with van der Waals surface area (Å²) in [4.78, 5) is 0.826. The average Bonchev–Trinajstić information content (AvgIpc) is 3.26. The number of thiophene rings is 1. The summed E-state index contributed by atoms with van der Waals surface area (Å²) in [7, 11) is -2.56. The van der Waals surface area contributed by atoms with Crippen molar-refractivity contribution in [3.05, 3.63) is 34.5 Å². The first-order chi connectivity index (χ1) is 11.5. The van der Waals surface area contributed by atoms with Crippen molar-refractivity contribution in [3.8, 4) is 17.1 Å². The van der Waals surface area contributed by atoms with Gasteiger partial charge in [0.05, 0.1) is 0 Å². The minimum absolute atomic E-state index is 0.219. The third-order valence-corrected chi connectivity index (χ3v) is 5.60. The fourth-order valence-electron chi connectivity index (χ4n) is 2.10. The summed E-state index contributed by atoms with van der Waals surface area (Å²) >= 11 is 1.58. The van der Waals surface area contributed by atoms with E-state index in [0.717, 1.165) is 4.88 Å². The first-order valence-corrected chi connectivity index (χ1v) is 9.18. The van der Waals surface area contributed by atoms with Crippen molar-refractivity contribution in [1.82, 2.24) is 25.3 Å². The highest BCUT2D eigenvalue weighted by atomic mass is 32.2. The Balaban J connectivity index is 2.05. The van der Waals surface area contributed by atoms with Crippen LogP contribution >= 0.6 is 11.3 Å². The lowest BCUT2D eigenvalue weighted by atomic mass is 10.1. The van der Waals surface area contributed by atoms with Gasteiger partial charge in [0.25, 0.3) is 0 Å². The number of aromatic hydroxyl groups is 1. The van der Waals surface area contributed by atoms with Crippen LogP contribution in [0.1, 0.15) is 4.88 Å². The highest BCUT2D eigenvalue weighted by Crippen LogP contribution is 2.34. The molecule has 0 amide bonds. The van der Waals surface area contributed by atoms with E-state index in [9.17, 15) is 13.5 Å². The largest absolute Gasteiger partial charge is 0.506 e. The number of phenols is 1. The van der Waals surface area contributed by atoms with Crippen molar-refractivity contribution >= 4 is 27.0 Å². The molecule has 2 heterocycles. The molecule has 0 atom stereocenters. The van der Waals surface area contributed by atoms with Crippen molar-refractivity contribution < 1.29 is 13.5 Å². The Kier molecular flexibility index (Phi) is 4.46. The fraction of sp³-hybridized carbons (Fsp3) is 0.154. The van der Waals surface area contributed by atoms with Crippen molar-refractivity contribution in [1.29, 1.82) is 0 Å². The van der Waals surface area contributed by atoms with Crippen molar-refractivity contribution in [3.63, 3.8) is 0 Å². The maximum absolute atomic E-state index is 12.0. The summed E-state index contributed by atoms with van der Waals surface area (Å²) in [6, 6.07) is 6.54. The summed E-state index contributed by atoms with van der Waals surface area (Å²) < 4.78 is 26.3. The SMILES string of the molecule is CNS(=O)(=O)c1cc(-c2nn[nH]n2)c(NCc2cccs2)cc1O. The predicted octanol–water partition coefficient (Wildman–Crippen LogP) is 1.15. The lowest BCUT2D eigenvalue weighted by molar-refractivity contribution is 0.458. The molecular weight excluding hydrogens is 352 g/mol. The Morgan fingerprint density at radius 2 is 2.21 bits per heavy atom. The fourth-order valence-corrected chi connectivity index (χ4v) is 3.57. The third-order valence-electron chi connectivity index (χ3n) is 3.28. The first-order valence-electron chi connectivity index (χ1n) is 6.82. The molecule has 0 fully saturated rings. The van der Waals surface area contributed by atoms with E-state index in [1.165, 1.54) is 19.2 Å². The molecule has 9 nitrogen and oxygen atoms in total. The van der Waals surface area contributed by atoms with Gasteiger partial charge < -0.3 is 10.4 Å². The Labute approximate surface area is 141 Å². The highest BCUT2D eigenvalue weighted by molar-refractivity contribution is 7.89. The van der Waals surface area contributed by atoms with E-state index < -0.39 is 10.0 Å². The Bertz CT molecular complexity index is 923. The molecule has 3 aromatic rings. The van der Waals surface area contributed by atoms with Gasteiger partial charge >= 0.3 is 0 Å². The predicted molar refractivity (Wildman–Crippen MR) is 89.2 cm³/mol. The van der Waals surface area contributed by atoms with Gasteiger partial charge in [-0.05, 0) is 29.8 Å². The monoisotopic (exact) mass is 366 g/mol. The number of sulfonamides is 1. The molecule has 0 aliphatic rings. The van der Waals surface area contributed by atoms with Gasteiger partial charge in [-0.2, -0.15) is 5.21 Å². The van der Waals surface area contributed by atoms with Crippen molar-refractivity contribution in [2.24, 2.45) is 0 Å². The topological polar surface area (TPSA) is 133 Å². The van der Waals surface area contributed by atoms with Gasteiger partial charge in [-0.1, -0.05) is 6.07 Å². The van der Waals surface area contributed by atoms with Crippen LogP contribution in [0.5, 0.6) is 5.75 Å². The zero-order valence-electron chi connectivity index (χ0n) is 12.5. The zero-order chi connectivity index (χ0) is 17.2. The molecule has 24 heavy (non-hydrogen) atoms. The van der Waals surface area contributed by atoms with Crippen LogP contribution in [-0.2, 0) is 16.6 Å². The molecule has 0 aliphatic heterocycles. The molecule has 0 saturated carbocycles. The number of aromatic nitrogens is 4. The molecule has 0 saturated heterocycles. The molecule has 11 heteroatoms. The summed E-state index contributed by atoms with van der Waals surface area (Å²) in [6.45, 7) is 0.514. The number of tetrazole rings is 1. The highest BCUT2D eigenvalue weighted by Gasteiger charge is 2.22. The van der Waals surface area contributed by atoms with Crippen LogP contribution in [0.3, 0.4) is 0 Å². The molecule has 3 rings (SSSR count). The number of aromatic amines is 1. The Morgan fingerprint density at radius 3 is 2.83 bits per heavy atom. The molecular formula is C13H14N6O3S2. The lowest BCUT2D eigenvalue weighted by Crippen LogP contribution is -2.19. The molecule has 126 valence electrons. The van der Waals surface area contributed by atoms with Crippen molar-refractivity contribution in [2.75, 3.05) is 12.4 Å². The van der Waals surface area contributed by atoms with E-state index in [0.29, 0.717) is 17.8 Å². The molecule has 0 spiro atoms. The lowest BCUT2D eigenvalue weighted by Gasteiger charge is -2.13. The quantitative estimate of drug-likeness (QED) is 0.514. The minimum Gasteiger partial charge on any atom is -0.506 e. The number of hydrogen-bond acceptors (Lipinski definition) is 8. The minimum atomic E-state index is -3.83. The van der Waals surface area contributed by atoms with Gasteiger partial charge in [-0.3, -0.25) is 0 Å². The van der Waals surface area contributed by atoms with Crippen LogP contribution in [0.25, 0.3) is 11.4 Å². The normalized spacial score (nSPS) is 11.5. The van der Waals surface area contributed by atoms with Crippen LogP contribution < -0.4 is 10.0 Å². The smallest absolute Gasteiger partial charge is 0.244 e. The number of anilines is 1. The van der Waals surface area contributed by atoms with E-state index in [4.69, 9.17) is 0 Å². The van der Waals surface area contributed by atoms with E-state index in [-0.39, 0.29) is 16.5 Å². The van der Waals surface area contributed by atoms with Crippen LogP contribution in [0.2, 0.25) is 0 Å². The first kappa shape index (κ1) is 16.4. The summed E-state index contributed by atoms with van der Waals surface area (Å²) in [5, 5.41) is 28.8. The second kappa shape index (κ2) is 6.55. The van der Waals surface area contributed by atoms with E-state index in [1.807, 2.05) is 17.5 Å². The molecule has 1 aromatic carbocycles. The molecule has 2 aromatic heterocycles. The van der Waals surface area contributed by atoms with Gasteiger partial charge in [-0.15, -0.1) is 21.5 Å². The van der Waals surface area contributed by atoms with Gasteiger partial charge in [-0.25, -0.2) is 13.1 Å². The van der Waals surface area contributed by atoms with E-state index in [1.54, 1.807) is 11.3 Å². The molecule has 0 unspecified atom stereocenters. The molecule has 0 bridgehead atoms. The number of phenolic OH excluding ortho intramolecular Hbond substituents is 1. The molecule has 0 radical (unpaired) electrons. The second-order valence-corrected chi connectivity index (χ2v) is 7.63. The summed E-state index contributed by atoms with van der Waals surface area (Å²) in [5.74, 6) is -0.151. The number of nitrogens with one attached hydrogen (secondary N) is 3. The van der Waals surface area contributed by atoms with Crippen LogP contribution in [0.15, 0.2) is 34.5 Å². The van der Waals surface area contributed by atoms with Crippen LogP contribution in [0, 0.1) is 0 Å². The number of H-pyrrole nitrogens is 1. The van der Waals surface area contributed by atoms with Gasteiger partial charge in [0.1, 0.15) is 10.6 Å². The number of benzene rings is 1. The van der Waals surface area contributed by atoms with Crippen LogP contribution in [-0.4, -0.2) is 41.2 Å². The van der Waals surface area contributed by atoms with E-state index >= 15 is 0 Å². The average molecular weight is 366 g/mol. The van der Waals surface area contributed by atoms with Gasteiger partial charge in [0.15, 0.2) is 0 Å². The Morgan fingerprint density at radius 1 is 1.38 bits per heavy atom. The van der Waals surface area contributed by atoms with Crippen LogP contribution in [0.4, 0.5) is 5.69 Å². The van der Waals surface area contributed by atoms with Gasteiger partial charge in [0, 0.05) is 28.7 Å². The standard InChI is InChI=1S/C13H14N6O3S2/c1-14-24(21,22)12-5-9(13-16-18-19-17-13)10(6-11(12)20)15-7-8-3-2-4-23-8/h2-6,14-15,20H,7H2,1H3,(H,16,17,18,19). The zero-order valence-corrected chi connectivity index (χ0v) is 14.1. The second-order valence-electron chi connectivity index (χ2n) is 4.74.